The number of aromatic nitrogens is 2. The number of halogens is 1. The highest BCUT2D eigenvalue weighted by Crippen LogP contribution is 2.32. The lowest BCUT2D eigenvalue weighted by Crippen LogP contribution is -2.19. The molecule has 1 aromatic carbocycles. The van der Waals surface area contributed by atoms with E-state index in [9.17, 15) is 9.18 Å². The first kappa shape index (κ1) is 14.3. The van der Waals surface area contributed by atoms with E-state index in [1.54, 1.807) is 35.5 Å². The Bertz CT molecular complexity index is 852. The fraction of sp³-hybridized carbons (Fsp3) is 0.200. The monoisotopic (exact) mass is 320 g/mol. The summed E-state index contributed by atoms with van der Waals surface area (Å²) in [4.78, 5) is 17.9. The molecule has 2 heterocycles. The molecule has 3 aromatic rings. The maximum atomic E-state index is 13.0. The summed E-state index contributed by atoms with van der Waals surface area (Å²) in [6.07, 6.45) is 0. The van der Waals surface area contributed by atoms with Crippen LogP contribution in [0.15, 0.2) is 39.6 Å². The molecule has 0 saturated carbocycles. The lowest BCUT2D eigenvalue weighted by molar-refractivity contribution is 0.628. The van der Waals surface area contributed by atoms with Gasteiger partial charge in [0.2, 0.25) is 0 Å². The molecule has 0 aliphatic carbocycles. The molecular weight excluding hydrogens is 307 g/mol. The molecule has 21 heavy (non-hydrogen) atoms. The SMILES string of the molecule is CCSc1nc2scc(-c3ccc(F)cc3)c2c(=O)n1C. The summed E-state index contributed by atoms with van der Waals surface area (Å²) in [5.41, 5.74) is 1.59. The smallest absolute Gasteiger partial charge is 0.263 e. The van der Waals surface area contributed by atoms with Gasteiger partial charge in [0.05, 0.1) is 5.39 Å². The zero-order chi connectivity index (χ0) is 15.0. The van der Waals surface area contributed by atoms with Crippen molar-refractivity contribution >= 4 is 33.3 Å². The van der Waals surface area contributed by atoms with Crippen molar-refractivity contribution in [1.82, 2.24) is 9.55 Å². The topological polar surface area (TPSA) is 34.9 Å². The Kier molecular flexibility index (Phi) is 3.82. The highest BCUT2D eigenvalue weighted by Gasteiger charge is 2.15. The predicted molar refractivity (Wildman–Crippen MR) is 86.7 cm³/mol. The Morgan fingerprint density at radius 1 is 1.33 bits per heavy atom. The predicted octanol–water partition coefficient (Wildman–Crippen LogP) is 3.91. The molecule has 108 valence electrons. The van der Waals surface area contributed by atoms with Gasteiger partial charge in [-0.3, -0.25) is 9.36 Å². The number of nitrogens with zero attached hydrogens (tertiary/aromatic N) is 2. The fourth-order valence-electron chi connectivity index (χ4n) is 2.15. The maximum Gasteiger partial charge on any atom is 0.263 e. The van der Waals surface area contributed by atoms with Gasteiger partial charge < -0.3 is 0 Å². The van der Waals surface area contributed by atoms with Crippen LogP contribution < -0.4 is 5.56 Å². The van der Waals surface area contributed by atoms with Gasteiger partial charge in [0, 0.05) is 18.0 Å². The minimum atomic E-state index is -0.286. The second-order valence-electron chi connectivity index (χ2n) is 4.53. The Morgan fingerprint density at radius 3 is 2.71 bits per heavy atom. The van der Waals surface area contributed by atoms with Crippen LogP contribution in [-0.2, 0) is 7.05 Å². The van der Waals surface area contributed by atoms with E-state index >= 15 is 0 Å². The number of rotatable bonds is 3. The molecule has 3 rings (SSSR count). The summed E-state index contributed by atoms with van der Waals surface area (Å²) in [7, 11) is 1.73. The third-order valence-electron chi connectivity index (χ3n) is 3.20. The Hall–Kier alpha value is -1.66. The van der Waals surface area contributed by atoms with Crippen molar-refractivity contribution in [3.63, 3.8) is 0 Å². The lowest BCUT2D eigenvalue weighted by Gasteiger charge is -2.06. The third kappa shape index (κ3) is 2.49. The summed E-state index contributed by atoms with van der Waals surface area (Å²) in [6.45, 7) is 2.03. The minimum absolute atomic E-state index is 0.0588. The maximum absolute atomic E-state index is 13.0. The van der Waals surface area contributed by atoms with Crippen molar-refractivity contribution in [1.29, 1.82) is 0 Å². The zero-order valence-electron chi connectivity index (χ0n) is 11.6. The summed E-state index contributed by atoms with van der Waals surface area (Å²) >= 11 is 2.99. The molecule has 0 unspecified atom stereocenters. The molecule has 3 nitrogen and oxygen atoms in total. The molecule has 0 bridgehead atoms. The number of hydrogen-bond donors (Lipinski definition) is 0. The van der Waals surface area contributed by atoms with Crippen LogP contribution in [0.1, 0.15) is 6.92 Å². The van der Waals surface area contributed by atoms with Crippen molar-refractivity contribution in [3.05, 3.63) is 45.8 Å². The van der Waals surface area contributed by atoms with Gasteiger partial charge in [0.15, 0.2) is 5.16 Å². The Balaban J connectivity index is 2.25. The second-order valence-corrected chi connectivity index (χ2v) is 6.62. The number of hydrogen-bond acceptors (Lipinski definition) is 4. The number of thioether (sulfide) groups is 1. The molecular formula is C15H13FN2OS2. The highest BCUT2D eigenvalue weighted by molar-refractivity contribution is 7.99. The van der Waals surface area contributed by atoms with E-state index < -0.39 is 0 Å². The van der Waals surface area contributed by atoms with Crippen LogP contribution in [0.4, 0.5) is 4.39 Å². The molecule has 0 aliphatic rings. The van der Waals surface area contributed by atoms with Crippen LogP contribution in [0.2, 0.25) is 0 Å². The molecule has 0 amide bonds. The molecule has 0 aliphatic heterocycles. The zero-order valence-corrected chi connectivity index (χ0v) is 13.2. The van der Waals surface area contributed by atoms with E-state index in [1.807, 2.05) is 12.3 Å². The first-order chi connectivity index (χ1) is 10.1. The van der Waals surface area contributed by atoms with Gasteiger partial charge in [-0.2, -0.15) is 0 Å². The average Bonchev–Trinajstić information content (AvgIpc) is 2.89. The van der Waals surface area contributed by atoms with Gasteiger partial charge in [0.25, 0.3) is 5.56 Å². The lowest BCUT2D eigenvalue weighted by atomic mass is 10.1. The second kappa shape index (κ2) is 5.61. The van der Waals surface area contributed by atoms with E-state index in [0.717, 1.165) is 26.9 Å². The Labute approximate surface area is 129 Å². The quantitative estimate of drug-likeness (QED) is 0.542. The van der Waals surface area contributed by atoms with E-state index in [2.05, 4.69) is 4.98 Å². The van der Waals surface area contributed by atoms with E-state index in [0.29, 0.717) is 5.39 Å². The number of thiophene rings is 1. The molecule has 2 aromatic heterocycles. The molecule has 0 N–H and O–H groups in total. The van der Waals surface area contributed by atoms with Crippen molar-refractivity contribution < 1.29 is 4.39 Å². The van der Waals surface area contributed by atoms with Gasteiger partial charge in [-0.1, -0.05) is 30.8 Å². The van der Waals surface area contributed by atoms with E-state index in [-0.39, 0.29) is 11.4 Å². The molecule has 6 heteroatoms. The minimum Gasteiger partial charge on any atom is -0.290 e. The summed E-state index contributed by atoms with van der Waals surface area (Å²) in [5, 5.41) is 3.24. The fourth-order valence-corrected chi connectivity index (χ4v) is 3.84. The summed E-state index contributed by atoms with van der Waals surface area (Å²) in [5.74, 6) is 0.577. The van der Waals surface area contributed by atoms with Crippen LogP contribution in [0.5, 0.6) is 0 Å². The molecule has 0 fully saturated rings. The van der Waals surface area contributed by atoms with Crippen LogP contribution in [0.3, 0.4) is 0 Å². The van der Waals surface area contributed by atoms with Gasteiger partial charge in [-0.25, -0.2) is 9.37 Å². The van der Waals surface area contributed by atoms with Gasteiger partial charge in [0.1, 0.15) is 10.6 Å². The standard InChI is InChI=1S/C15H13FN2OS2/c1-3-20-15-17-13-12(14(19)18(15)2)11(8-21-13)9-4-6-10(16)7-5-9/h4-8H,3H2,1-2H3. The highest BCUT2D eigenvalue weighted by atomic mass is 32.2. The first-order valence-electron chi connectivity index (χ1n) is 6.48. The Morgan fingerprint density at radius 2 is 2.05 bits per heavy atom. The molecule has 0 radical (unpaired) electrons. The van der Waals surface area contributed by atoms with Gasteiger partial charge in [-0.15, -0.1) is 11.3 Å². The van der Waals surface area contributed by atoms with E-state index in [1.165, 1.54) is 23.5 Å². The molecule has 0 saturated heterocycles. The van der Waals surface area contributed by atoms with Crippen LogP contribution in [-0.4, -0.2) is 15.3 Å². The normalized spacial score (nSPS) is 11.2. The largest absolute Gasteiger partial charge is 0.290 e. The number of benzene rings is 1. The summed E-state index contributed by atoms with van der Waals surface area (Å²) < 4.78 is 14.6. The molecule has 0 atom stereocenters. The number of fused-ring (bicyclic) bond motifs is 1. The van der Waals surface area contributed by atoms with Crippen molar-refractivity contribution in [2.45, 2.75) is 12.1 Å². The average molecular weight is 320 g/mol. The first-order valence-corrected chi connectivity index (χ1v) is 8.35. The third-order valence-corrected chi connectivity index (χ3v) is 4.99. The van der Waals surface area contributed by atoms with Crippen molar-refractivity contribution in [2.24, 2.45) is 7.05 Å². The van der Waals surface area contributed by atoms with Crippen molar-refractivity contribution in [3.8, 4) is 11.1 Å². The van der Waals surface area contributed by atoms with E-state index in [4.69, 9.17) is 0 Å². The van der Waals surface area contributed by atoms with Crippen LogP contribution >= 0.6 is 23.1 Å². The van der Waals surface area contributed by atoms with Gasteiger partial charge in [-0.05, 0) is 23.4 Å². The molecule has 0 spiro atoms. The van der Waals surface area contributed by atoms with Crippen LogP contribution in [0.25, 0.3) is 21.3 Å². The summed E-state index contributed by atoms with van der Waals surface area (Å²) in [6, 6.07) is 6.17. The van der Waals surface area contributed by atoms with Gasteiger partial charge >= 0.3 is 0 Å². The van der Waals surface area contributed by atoms with Crippen LogP contribution in [0, 0.1) is 5.82 Å². The van der Waals surface area contributed by atoms with Crippen molar-refractivity contribution in [2.75, 3.05) is 5.75 Å².